The van der Waals surface area contributed by atoms with Gasteiger partial charge in [-0.1, -0.05) is 0 Å². The van der Waals surface area contributed by atoms with Gasteiger partial charge in [-0.25, -0.2) is 23.8 Å². The first-order chi connectivity index (χ1) is 10.8. The maximum absolute atomic E-state index is 12.5. The fraction of sp³-hybridized carbons (Fsp3) is 0.429. The van der Waals surface area contributed by atoms with Crippen molar-refractivity contribution in [1.29, 1.82) is 0 Å². The lowest BCUT2D eigenvalue weighted by atomic mass is 10.0. The van der Waals surface area contributed by atoms with Gasteiger partial charge in [-0.15, -0.1) is 5.10 Å². The fourth-order valence-electron chi connectivity index (χ4n) is 2.82. The van der Waals surface area contributed by atoms with Crippen LogP contribution >= 0.6 is 0 Å². The first kappa shape index (κ1) is 13.2. The van der Waals surface area contributed by atoms with E-state index in [0.29, 0.717) is 30.5 Å². The first-order valence-corrected chi connectivity index (χ1v) is 7.33. The van der Waals surface area contributed by atoms with Crippen molar-refractivity contribution < 1.29 is 4.74 Å². The summed E-state index contributed by atoms with van der Waals surface area (Å²) in [4.78, 5) is 20.8. The summed E-state index contributed by atoms with van der Waals surface area (Å²) in [6.07, 6.45) is 10.4. The minimum absolute atomic E-state index is 0.149. The molecule has 0 saturated carbocycles. The minimum Gasteiger partial charge on any atom is -0.381 e. The summed E-state index contributed by atoms with van der Waals surface area (Å²) >= 11 is 0. The van der Waals surface area contributed by atoms with Gasteiger partial charge in [0.25, 0.3) is 0 Å². The minimum atomic E-state index is -0.149. The lowest BCUT2D eigenvalue weighted by molar-refractivity contribution is 0.0466. The zero-order valence-electron chi connectivity index (χ0n) is 12.0. The van der Waals surface area contributed by atoms with Crippen LogP contribution in [0.3, 0.4) is 0 Å². The Hall–Kier alpha value is -2.48. The quantitative estimate of drug-likeness (QED) is 0.704. The molecule has 1 unspecified atom stereocenters. The molecule has 0 spiro atoms. The molecule has 1 fully saturated rings. The number of aromatic nitrogens is 6. The second-order valence-electron chi connectivity index (χ2n) is 5.46. The average molecular weight is 300 g/mol. The monoisotopic (exact) mass is 300 g/mol. The summed E-state index contributed by atoms with van der Waals surface area (Å²) in [6.45, 7) is 2.07. The molecule has 1 atom stereocenters. The van der Waals surface area contributed by atoms with Gasteiger partial charge < -0.3 is 4.74 Å². The Labute approximate surface area is 126 Å². The van der Waals surface area contributed by atoms with Crippen LogP contribution in [0.4, 0.5) is 0 Å². The topological polar surface area (TPSA) is 79.2 Å². The van der Waals surface area contributed by atoms with Gasteiger partial charge in [-0.3, -0.25) is 4.57 Å². The lowest BCUT2D eigenvalue weighted by Gasteiger charge is -2.21. The van der Waals surface area contributed by atoms with Crippen LogP contribution in [-0.2, 0) is 11.3 Å². The molecule has 0 amide bonds. The molecule has 0 radical (unpaired) electrons. The van der Waals surface area contributed by atoms with Gasteiger partial charge in [-0.05, 0) is 12.8 Å². The lowest BCUT2D eigenvalue weighted by Crippen LogP contribution is -2.29. The van der Waals surface area contributed by atoms with Crippen molar-refractivity contribution in [1.82, 2.24) is 28.7 Å². The summed E-state index contributed by atoms with van der Waals surface area (Å²) < 4.78 is 10.3. The Kier molecular flexibility index (Phi) is 3.23. The van der Waals surface area contributed by atoms with E-state index in [0.717, 1.165) is 19.4 Å². The van der Waals surface area contributed by atoms with E-state index in [1.165, 1.54) is 9.08 Å². The number of ether oxygens (including phenoxy) is 1. The second kappa shape index (κ2) is 5.38. The van der Waals surface area contributed by atoms with Crippen molar-refractivity contribution in [2.45, 2.75) is 19.4 Å². The van der Waals surface area contributed by atoms with Gasteiger partial charge in [-0.2, -0.15) is 0 Å². The first-order valence-electron chi connectivity index (χ1n) is 7.33. The molecule has 1 saturated heterocycles. The van der Waals surface area contributed by atoms with Gasteiger partial charge in [0.05, 0.1) is 13.2 Å². The molecule has 114 valence electrons. The van der Waals surface area contributed by atoms with Crippen molar-refractivity contribution >= 4 is 5.65 Å². The SMILES string of the molecule is O=c1n(CC2CCCOC2)nc2c(-n3ccnc3)nccn12. The van der Waals surface area contributed by atoms with Crippen molar-refractivity contribution in [3.63, 3.8) is 0 Å². The molecule has 4 rings (SSSR count). The van der Waals surface area contributed by atoms with Crippen molar-refractivity contribution in [3.8, 4) is 5.82 Å². The van der Waals surface area contributed by atoms with E-state index in [1.54, 1.807) is 35.7 Å². The van der Waals surface area contributed by atoms with Crippen LogP contribution in [0.25, 0.3) is 11.5 Å². The van der Waals surface area contributed by atoms with Crippen LogP contribution in [-0.4, -0.2) is 41.9 Å². The third kappa shape index (κ3) is 2.21. The van der Waals surface area contributed by atoms with Gasteiger partial charge in [0.15, 0.2) is 5.82 Å². The van der Waals surface area contributed by atoms with Crippen LogP contribution in [0.2, 0.25) is 0 Å². The maximum atomic E-state index is 12.5. The molecule has 22 heavy (non-hydrogen) atoms. The van der Waals surface area contributed by atoms with Crippen molar-refractivity contribution in [3.05, 3.63) is 41.6 Å². The predicted molar refractivity (Wildman–Crippen MR) is 77.9 cm³/mol. The molecule has 3 aromatic heterocycles. The summed E-state index contributed by atoms with van der Waals surface area (Å²) in [5, 5.41) is 4.46. The Bertz CT molecular complexity index is 829. The molecular weight excluding hydrogens is 284 g/mol. The number of fused-ring (bicyclic) bond motifs is 1. The van der Waals surface area contributed by atoms with Gasteiger partial charge in [0.2, 0.25) is 5.65 Å². The molecule has 3 aromatic rings. The molecule has 0 N–H and O–H groups in total. The second-order valence-corrected chi connectivity index (χ2v) is 5.46. The highest BCUT2D eigenvalue weighted by atomic mass is 16.5. The Morgan fingerprint density at radius 1 is 1.32 bits per heavy atom. The largest absolute Gasteiger partial charge is 0.381 e. The fourth-order valence-corrected chi connectivity index (χ4v) is 2.82. The van der Waals surface area contributed by atoms with E-state index in [4.69, 9.17) is 4.74 Å². The molecule has 1 aliphatic rings. The summed E-state index contributed by atoms with van der Waals surface area (Å²) in [5.74, 6) is 0.928. The Balaban J connectivity index is 1.76. The van der Waals surface area contributed by atoms with Crippen molar-refractivity contribution in [2.75, 3.05) is 13.2 Å². The molecule has 4 heterocycles. The number of hydrogen-bond donors (Lipinski definition) is 0. The normalized spacial score (nSPS) is 18.8. The molecule has 8 heteroatoms. The van der Waals surface area contributed by atoms with Crippen LogP contribution in [0.15, 0.2) is 35.9 Å². The highest BCUT2D eigenvalue weighted by Gasteiger charge is 2.18. The highest BCUT2D eigenvalue weighted by Crippen LogP contribution is 2.15. The number of hydrogen-bond acceptors (Lipinski definition) is 5. The van der Waals surface area contributed by atoms with Crippen LogP contribution in [0, 0.1) is 5.92 Å². The van der Waals surface area contributed by atoms with E-state index in [2.05, 4.69) is 15.1 Å². The Morgan fingerprint density at radius 3 is 3.05 bits per heavy atom. The average Bonchev–Trinajstić information content (AvgIpc) is 3.18. The molecule has 8 nitrogen and oxygen atoms in total. The smallest absolute Gasteiger partial charge is 0.350 e. The van der Waals surface area contributed by atoms with Gasteiger partial charge >= 0.3 is 5.69 Å². The maximum Gasteiger partial charge on any atom is 0.350 e. The van der Waals surface area contributed by atoms with Crippen LogP contribution in [0.5, 0.6) is 0 Å². The number of rotatable bonds is 3. The van der Waals surface area contributed by atoms with E-state index in [1.807, 2.05) is 0 Å². The Morgan fingerprint density at radius 2 is 2.27 bits per heavy atom. The standard InChI is InChI=1S/C14H16N6O2/c21-14-19-6-4-16-12(18-5-3-15-10-18)13(19)17-20(14)8-11-2-1-7-22-9-11/h3-6,10-11H,1-2,7-9H2. The van der Waals surface area contributed by atoms with E-state index in [-0.39, 0.29) is 5.69 Å². The molecule has 1 aliphatic heterocycles. The predicted octanol–water partition coefficient (Wildman–Crippen LogP) is 0.503. The number of nitrogens with zero attached hydrogens (tertiary/aromatic N) is 6. The number of imidazole rings is 1. The van der Waals surface area contributed by atoms with Gasteiger partial charge in [0.1, 0.15) is 6.33 Å². The summed E-state index contributed by atoms with van der Waals surface area (Å²) in [5.41, 5.74) is 0.381. The zero-order valence-corrected chi connectivity index (χ0v) is 12.0. The van der Waals surface area contributed by atoms with Gasteiger partial charge in [0, 0.05) is 37.3 Å². The summed E-state index contributed by atoms with van der Waals surface area (Å²) in [6, 6.07) is 0. The molecule has 0 bridgehead atoms. The van der Waals surface area contributed by atoms with Crippen LogP contribution < -0.4 is 5.69 Å². The van der Waals surface area contributed by atoms with Crippen molar-refractivity contribution in [2.24, 2.45) is 5.92 Å². The molecule has 0 aliphatic carbocycles. The zero-order chi connectivity index (χ0) is 14.9. The molecular formula is C14H16N6O2. The van der Waals surface area contributed by atoms with Crippen LogP contribution in [0.1, 0.15) is 12.8 Å². The van der Waals surface area contributed by atoms with E-state index < -0.39 is 0 Å². The third-order valence-electron chi connectivity index (χ3n) is 3.92. The molecule has 0 aromatic carbocycles. The van der Waals surface area contributed by atoms with E-state index in [9.17, 15) is 4.79 Å². The third-order valence-corrected chi connectivity index (χ3v) is 3.92. The van der Waals surface area contributed by atoms with E-state index >= 15 is 0 Å². The summed E-state index contributed by atoms with van der Waals surface area (Å²) in [7, 11) is 0. The highest BCUT2D eigenvalue weighted by molar-refractivity contribution is 5.53.